The molecule has 0 spiro atoms. The summed E-state index contributed by atoms with van der Waals surface area (Å²) < 4.78 is 4.90. The average Bonchev–Trinajstić information content (AvgIpc) is 2.51. The van der Waals surface area contributed by atoms with Gasteiger partial charge in [0, 0.05) is 16.8 Å². The number of phenols is 2. The van der Waals surface area contributed by atoms with Gasteiger partial charge in [0.1, 0.15) is 0 Å². The molecular weight excluding hydrogens is 286 g/mol. The molecule has 1 amide bonds. The Hall–Kier alpha value is -3.22. The average molecular weight is 301 g/mol. The first-order valence-corrected chi connectivity index (χ1v) is 6.30. The van der Waals surface area contributed by atoms with Gasteiger partial charge in [0.2, 0.25) is 5.75 Å². The lowest BCUT2D eigenvalue weighted by Crippen LogP contribution is -2.17. The van der Waals surface area contributed by atoms with Crippen LogP contribution in [0.5, 0.6) is 17.2 Å². The third-order valence-electron chi connectivity index (χ3n) is 2.85. The Morgan fingerprint density at radius 2 is 1.95 bits per heavy atom. The van der Waals surface area contributed by atoms with Crippen LogP contribution >= 0.6 is 0 Å². The first kappa shape index (κ1) is 15.2. The molecule has 7 heteroatoms. The minimum absolute atomic E-state index is 0.103. The lowest BCUT2D eigenvalue weighted by Gasteiger charge is -2.06. The van der Waals surface area contributed by atoms with Crippen LogP contribution in [0.15, 0.2) is 41.5 Å². The molecule has 0 radical (unpaired) electrons. The van der Waals surface area contributed by atoms with E-state index in [0.29, 0.717) is 16.8 Å². The van der Waals surface area contributed by atoms with Gasteiger partial charge >= 0.3 is 0 Å². The zero-order valence-electron chi connectivity index (χ0n) is 11.8. The number of aromatic hydroxyl groups is 2. The number of benzene rings is 2. The molecule has 7 nitrogen and oxygen atoms in total. The molecule has 2 aromatic rings. The number of carbonyl (C=O) groups is 1. The minimum Gasteiger partial charge on any atom is -0.504 e. The largest absolute Gasteiger partial charge is 0.504 e. The zero-order chi connectivity index (χ0) is 16.1. The van der Waals surface area contributed by atoms with Gasteiger partial charge < -0.3 is 20.7 Å². The Balaban J connectivity index is 2.08. The molecule has 0 bridgehead atoms. The highest BCUT2D eigenvalue weighted by Gasteiger charge is 2.08. The predicted molar refractivity (Wildman–Crippen MR) is 82.2 cm³/mol. The maximum absolute atomic E-state index is 11.8. The van der Waals surface area contributed by atoms with Crippen LogP contribution < -0.4 is 15.9 Å². The van der Waals surface area contributed by atoms with Crippen molar-refractivity contribution in [3.05, 3.63) is 47.5 Å². The maximum atomic E-state index is 11.8. The lowest BCUT2D eigenvalue weighted by molar-refractivity contribution is 0.0955. The second-order valence-corrected chi connectivity index (χ2v) is 4.41. The highest BCUT2D eigenvalue weighted by Crippen LogP contribution is 2.35. The number of amides is 1. The van der Waals surface area contributed by atoms with E-state index in [1.54, 1.807) is 24.3 Å². The number of rotatable bonds is 4. The molecule has 5 N–H and O–H groups in total. The van der Waals surface area contributed by atoms with Crippen molar-refractivity contribution in [1.82, 2.24) is 5.43 Å². The summed E-state index contributed by atoms with van der Waals surface area (Å²) in [4.78, 5) is 11.8. The molecule has 0 saturated carbocycles. The Bertz CT molecular complexity index is 711. The second-order valence-electron chi connectivity index (χ2n) is 4.41. The van der Waals surface area contributed by atoms with Gasteiger partial charge in [-0.05, 0) is 36.4 Å². The van der Waals surface area contributed by atoms with Gasteiger partial charge in [-0.25, -0.2) is 5.43 Å². The molecule has 0 heterocycles. The summed E-state index contributed by atoms with van der Waals surface area (Å²) in [5, 5.41) is 22.8. The van der Waals surface area contributed by atoms with Gasteiger partial charge in [0.15, 0.2) is 11.5 Å². The predicted octanol–water partition coefficient (Wildman–Crippen LogP) is 1.45. The number of nitrogen functional groups attached to an aromatic ring is 1. The monoisotopic (exact) mass is 301 g/mol. The van der Waals surface area contributed by atoms with Gasteiger partial charge in [-0.2, -0.15) is 5.10 Å². The number of nitrogens with one attached hydrogen (secondary N) is 1. The third-order valence-corrected chi connectivity index (χ3v) is 2.85. The first-order chi connectivity index (χ1) is 10.5. The number of hydrogen-bond acceptors (Lipinski definition) is 6. The van der Waals surface area contributed by atoms with Gasteiger partial charge in [-0.15, -0.1) is 0 Å². The first-order valence-electron chi connectivity index (χ1n) is 6.30. The Morgan fingerprint density at radius 1 is 1.27 bits per heavy atom. The number of anilines is 1. The van der Waals surface area contributed by atoms with E-state index in [1.165, 1.54) is 25.5 Å². The summed E-state index contributed by atoms with van der Waals surface area (Å²) in [6, 6.07) is 9.14. The standard InChI is InChI=1S/C15H15N3O4/c1-22-13-7-9(6-12(19)14(13)20)8-17-18-15(21)10-2-4-11(16)5-3-10/h2-8,19-20H,16H2,1H3,(H,18,21)/b17-8+. The van der Waals surface area contributed by atoms with E-state index in [-0.39, 0.29) is 17.2 Å². The molecule has 0 aliphatic carbocycles. The van der Waals surface area contributed by atoms with E-state index in [4.69, 9.17) is 10.5 Å². The summed E-state index contributed by atoms with van der Waals surface area (Å²) in [7, 11) is 1.36. The van der Waals surface area contributed by atoms with Gasteiger partial charge in [0.05, 0.1) is 13.3 Å². The Kier molecular flexibility index (Phi) is 4.47. The molecule has 0 fully saturated rings. The highest BCUT2D eigenvalue weighted by atomic mass is 16.5. The van der Waals surface area contributed by atoms with Crippen LogP contribution in [0.2, 0.25) is 0 Å². The number of ether oxygens (including phenoxy) is 1. The zero-order valence-corrected chi connectivity index (χ0v) is 11.8. The lowest BCUT2D eigenvalue weighted by atomic mass is 10.2. The highest BCUT2D eigenvalue weighted by molar-refractivity contribution is 5.95. The molecule has 0 aliphatic heterocycles. The smallest absolute Gasteiger partial charge is 0.271 e. The molecule has 0 aromatic heterocycles. The van der Waals surface area contributed by atoms with E-state index in [1.807, 2.05) is 0 Å². The quantitative estimate of drug-likeness (QED) is 0.295. The van der Waals surface area contributed by atoms with E-state index in [0.717, 1.165) is 0 Å². The number of methoxy groups -OCH3 is 1. The molecule has 0 saturated heterocycles. The van der Waals surface area contributed by atoms with E-state index < -0.39 is 5.91 Å². The normalized spacial score (nSPS) is 10.6. The van der Waals surface area contributed by atoms with E-state index in [2.05, 4.69) is 10.5 Å². The van der Waals surface area contributed by atoms with E-state index in [9.17, 15) is 15.0 Å². The SMILES string of the molecule is COc1cc(/C=N/NC(=O)c2ccc(N)cc2)cc(O)c1O. The van der Waals surface area contributed by atoms with Crippen molar-refractivity contribution in [3.8, 4) is 17.2 Å². The fourth-order valence-corrected chi connectivity index (χ4v) is 1.71. The molecule has 2 aromatic carbocycles. The third kappa shape index (κ3) is 3.45. The summed E-state index contributed by atoms with van der Waals surface area (Å²) in [6.07, 6.45) is 1.32. The fourth-order valence-electron chi connectivity index (χ4n) is 1.71. The maximum Gasteiger partial charge on any atom is 0.271 e. The molecular formula is C15H15N3O4. The molecule has 2 rings (SSSR count). The summed E-state index contributed by atoms with van der Waals surface area (Å²) in [5.74, 6) is -0.992. The van der Waals surface area contributed by atoms with Crippen LogP contribution in [0.1, 0.15) is 15.9 Å². The van der Waals surface area contributed by atoms with Crippen LogP contribution in [-0.2, 0) is 0 Å². The van der Waals surface area contributed by atoms with Crippen LogP contribution in [-0.4, -0.2) is 29.4 Å². The summed E-state index contributed by atoms with van der Waals surface area (Å²) in [5.41, 5.74) is 9.31. The molecule has 0 atom stereocenters. The number of carbonyl (C=O) groups excluding carboxylic acids is 1. The Labute approximate surface area is 126 Å². The molecule has 0 unspecified atom stereocenters. The second kappa shape index (κ2) is 6.49. The van der Waals surface area contributed by atoms with Crippen molar-refractivity contribution >= 4 is 17.8 Å². The van der Waals surface area contributed by atoms with Crippen molar-refractivity contribution in [2.45, 2.75) is 0 Å². The number of nitrogens with zero attached hydrogens (tertiary/aromatic N) is 1. The van der Waals surface area contributed by atoms with Crippen LogP contribution in [0, 0.1) is 0 Å². The van der Waals surface area contributed by atoms with Crippen molar-refractivity contribution in [2.75, 3.05) is 12.8 Å². The van der Waals surface area contributed by atoms with Crippen molar-refractivity contribution in [3.63, 3.8) is 0 Å². The van der Waals surface area contributed by atoms with Crippen molar-refractivity contribution in [1.29, 1.82) is 0 Å². The van der Waals surface area contributed by atoms with E-state index >= 15 is 0 Å². The number of hydrazone groups is 1. The number of nitrogens with two attached hydrogens (primary N) is 1. The molecule has 0 aliphatic rings. The van der Waals surface area contributed by atoms with Crippen LogP contribution in [0.25, 0.3) is 0 Å². The van der Waals surface area contributed by atoms with Crippen LogP contribution in [0.4, 0.5) is 5.69 Å². The van der Waals surface area contributed by atoms with Gasteiger partial charge in [-0.3, -0.25) is 4.79 Å². The molecule has 22 heavy (non-hydrogen) atoms. The number of hydrogen-bond donors (Lipinski definition) is 4. The summed E-state index contributed by atoms with van der Waals surface area (Å²) >= 11 is 0. The summed E-state index contributed by atoms with van der Waals surface area (Å²) in [6.45, 7) is 0. The molecule has 114 valence electrons. The van der Waals surface area contributed by atoms with Gasteiger partial charge in [-0.1, -0.05) is 0 Å². The minimum atomic E-state index is -0.397. The van der Waals surface area contributed by atoms with Crippen molar-refractivity contribution < 1.29 is 19.7 Å². The Morgan fingerprint density at radius 3 is 2.59 bits per heavy atom. The van der Waals surface area contributed by atoms with Gasteiger partial charge in [0.25, 0.3) is 5.91 Å². The number of phenolic OH excluding ortho intramolecular Hbond substituents is 2. The van der Waals surface area contributed by atoms with Crippen molar-refractivity contribution in [2.24, 2.45) is 5.10 Å². The topological polar surface area (TPSA) is 117 Å². The fraction of sp³-hybridized carbons (Fsp3) is 0.0667. The van der Waals surface area contributed by atoms with Crippen LogP contribution in [0.3, 0.4) is 0 Å².